The van der Waals surface area contributed by atoms with Crippen LogP contribution in [0.15, 0.2) is 66.0 Å². The van der Waals surface area contributed by atoms with Crippen LogP contribution in [0.4, 0.5) is 0 Å². The van der Waals surface area contributed by atoms with Gasteiger partial charge in [0.2, 0.25) is 5.91 Å². The van der Waals surface area contributed by atoms with Crippen molar-refractivity contribution in [3.05, 3.63) is 72.7 Å². The van der Waals surface area contributed by atoms with Crippen LogP contribution in [0.3, 0.4) is 0 Å². The van der Waals surface area contributed by atoms with Crippen molar-refractivity contribution >= 4 is 11.8 Å². The lowest BCUT2D eigenvalue weighted by Crippen LogP contribution is -2.44. The van der Waals surface area contributed by atoms with Crippen LogP contribution in [0, 0.1) is 5.92 Å². The number of benzene rings is 1. The number of likely N-dealkylation sites (tertiary alicyclic amines) is 1. The van der Waals surface area contributed by atoms with Gasteiger partial charge in [-0.25, -0.2) is 4.98 Å². The normalized spacial score (nSPS) is 15.8. The Hall–Kier alpha value is -3.42. The monoisotopic (exact) mass is 393 g/mol. The van der Waals surface area contributed by atoms with Gasteiger partial charge in [0.15, 0.2) is 0 Å². The first-order valence-corrected chi connectivity index (χ1v) is 9.70. The second-order valence-electron chi connectivity index (χ2n) is 7.17. The zero-order valence-corrected chi connectivity index (χ0v) is 16.0. The third-order valence-electron chi connectivity index (χ3n) is 5.28. The van der Waals surface area contributed by atoms with Crippen molar-refractivity contribution in [3.63, 3.8) is 0 Å². The average Bonchev–Trinajstić information content (AvgIpc) is 3.48. The summed E-state index contributed by atoms with van der Waals surface area (Å²) >= 11 is 0. The van der Waals surface area contributed by atoms with E-state index in [4.69, 9.17) is 4.42 Å². The minimum atomic E-state index is -0.198. The Labute approximate surface area is 168 Å². The largest absolute Gasteiger partial charge is 0.472 e. The molecule has 8 heteroatoms. The van der Waals surface area contributed by atoms with E-state index in [2.05, 4.69) is 15.4 Å². The van der Waals surface area contributed by atoms with Crippen LogP contribution < -0.4 is 5.32 Å². The Morgan fingerprint density at radius 2 is 1.97 bits per heavy atom. The molecule has 1 aliphatic rings. The smallest absolute Gasteiger partial charge is 0.257 e. The number of piperidine rings is 1. The summed E-state index contributed by atoms with van der Waals surface area (Å²) < 4.78 is 6.70. The van der Waals surface area contributed by atoms with Gasteiger partial charge in [-0.2, -0.15) is 5.10 Å². The molecule has 1 atom stereocenters. The van der Waals surface area contributed by atoms with Crippen LogP contribution in [-0.4, -0.2) is 44.6 Å². The zero-order chi connectivity index (χ0) is 20.1. The number of amides is 2. The molecule has 0 bridgehead atoms. The fourth-order valence-electron chi connectivity index (χ4n) is 3.64. The maximum atomic E-state index is 12.9. The van der Waals surface area contributed by atoms with E-state index in [0.717, 1.165) is 5.56 Å². The molecule has 2 aromatic heterocycles. The summed E-state index contributed by atoms with van der Waals surface area (Å²) in [6.45, 7) is 1.62. The van der Waals surface area contributed by atoms with Crippen LogP contribution in [0.25, 0.3) is 0 Å². The topological polar surface area (TPSA) is 93.3 Å². The maximum absolute atomic E-state index is 12.9. The summed E-state index contributed by atoms with van der Waals surface area (Å²) in [4.78, 5) is 31.1. The lowest BCUT2D eigenvalue weighted by atomic mass is 9.94. The molecule has 1 fully saturated rings. The Morgan fingerprint density at radius 3 is 2.62 bits per heavy atom. The van der Waals surface area contributed by atoms with Gasteiger partial charge in [-0.3, -0.25) is 14.3 Å². The molecule has 0 radical (unpaired) electrons. The highest BCUT2D eigenvalue weighted by atomic mass is 16.3. The van der Waals surface area contributed by atoms with Gasteiger partial charge in [0.05, 0.1) is 24.4 Å². The number of furan rings is 1. The summed E-state index contributed by atoms with van der Waals surface area (Å²) in [5, 5.41) is 7.32. The van der Waals surface area contributed by atoms with E-state index in [1.54, 1.807) is 22.0 Å². The van der Waals surface area contributed by atoms with Gasteiger partial charge in [-0.05, 0) is 24.5 Å². The molecule has 3 aromatic rings. The molecule has 0 aliphatic carbocycles. The van der Waals surface area contributed by atoms with Crippen molar-refractivity contribution < 1.29 is 14.0 Å². The molecule has 1 unspecified atom stereocenters. The van der Waals surface area contributed by atoms with E-state index in [-0.39, 0.29) is 23.8 Å². The molecule has 3 heterocycles. The highest BCUT2D eigenvalue weighted by Gasteiger charge is 2.29. The van der Waals surface area contributed by atoms with E-state index in [9.17, 15) is 9.59 Å². The molecule has 29 heavy (non-hydrogen) atoms. The minimum Gasteiger partial charge on any atom is -0.472 e. The maximum Gasteiger partial charge on any atom is 0.257 e. The van der Waals surface area contributed by atoms with E-state index in [1.807, 2.05) is 30.3 Å². The number of carbonyl (C=O) groups is 2. The molecule has 150 valence electrons. The first kappa shape index (κ1) is 18.9. The molecule has 2 amide bonds. The second kappa shape index (κ2) is 8.72. The number of rotatable bonds is 6. The summed E-state index contributed by atoms with van der Waals surface area (Å²) in [6.07, 6.45) is 7.35. The van der Waals surface area contributed by atoms with Crippen LogP contribution in [0.5, 0.6) is 0 Å². The molecule has 1 saturated heterocycles. The number of aromatic nitrogens is 3. The summed E-state index contributed by atoms with van der Waals surface area (Å²) in [5.41, 5.74) is 1.56. The molecule has 0 saturated carbocycles. The lowest BCUT2D eigenvalue weighted by molar-refractivity contribution is -0.127. The molecular weight excluding hydrogens is 370 g/mol. The van der Waals surface area contributed by atoms with Crippen LogP contribution in [0.2, 0.25) is 0 Å². The average molecular weight is 393 g/mol. The predicted molar refractivity (Wildman–Crippen MR) is 105 cm³/mol. The Kier molecular flexibility index (Phi) is 5.69. The summed E-state index contributed by atoms with van der Waals surface area (Å²) in [7, 11) is 0. The number of nitrogens with one attached hydrogen (secondary N) is 1. The Balaban J connectivity index is 1.37. The lowest BCUT2D eigenvalue weighted by Gasteiger charge is -2.32. The second-order valence-corrected chi connectivity index (χ2v) is 7.17. The van der Waals surface area contributed by atoms with E-state index in [0.29, 0.717) is 38.0 Å². The highest BCUT2D eigenvalue weighted by molar-refractivity contribution is 5.94. The third kappa shape index (κ3) is 4.53. The Bertz CT molecular complexity index is 917. The SMILES string of the molecule is O=C(NC(Cn1cncn1)c1ccccc1)C1CCN(C(=O)c2ccoc2)CC1. The standard InChI is InChI=1S/C21H23N5O3/c27-20(17-6-9-25(10-7-17)21(28)18-8-11-29-13-18)24-19(12-26-15-22-14-23-26)16-4-2-1-3-5-16/h1-5,8,11,13-15,17,19H,6-7,9-10,12H2,(H,24,27). The molecule has 1 N–H and O–H groups in total. The third-order valence-corrected chi connectivity index (χ3v) is 5.28. The highest BCUT2D eigenvalue weighted by Crippen LogP contribution is 2.22. The number of hydrogen-bond acceptors (Lipinski definition) is 5. The summed E-state index contributed by atoms with van der Waals surface area (Å²) in [5.74, 6) is -0.161. The molecule has 1 aliphatic heterocycles. The predicted octanol–water partition coefficient (Wildman–Crippen LogP) is 2.28. The number of carbonyl (C=O) groups excluding carboxylic acids is 2. The van der Waals surface area contributed by atoms with Gasteiger partial charge in [0, 0.05) is 19.0 Å². The van der Waals surface area contributed by atoms with Gasteiger partial charge in [-0.1, -0.05) is 30.3 Å². The van der Waals surface area contributed by atoms with Crippen molar-refractivity contribution in [2.45, 2.75) is 25.4 Å². The zero-order valence-electron chi connectivity index (χ0n) is 16.0. The molecule has 8 nitrogen and oxygen atoms in total. The first-order chi connectivity index (χ1) is 14.2. The quantitative estimate of drug-likeness (QED) is 0.694. The van der Waals surface area contributed by atoms with Gasteiger partial charge < -0.3 is 14.6 Å². The molecule has 4 rings (SSSR count). The fraction of sp³-hybridized carbons (Fsp3) is 0.333. The Morgan fingerprint density at radius 1 is 1.17 bits per heavy atom. The summed E-state index contributed by atoms with van der Waals surface area (Å²) in [6, 6.07) is 11.3. The number of hydrogen-bond donors (Lipinski definition) is 1. The van der Waals surface area contributed by atoms with Gasteiger partial charge in [0.25, 0.3) is 5.91 Å². The molecule has 1 aromatic carbocycles. The van der Waals surface area contributed by atoms with Crippen molar-refractivity contribution in [2.24, 2.45) is 5.92 Å². The van der Waals surface area contributed by atoms with E-state index in [1.165, 1.54) is 18.9 Å². The van der Waals surface area contributed by atoms with Gasteiger partial charge >= 0.3 is 0 Å². The van der Waals surface area contributed by atoms with Crippen LogP contribution in [0.1, 0.15) is 34.8 Å². The minimum absolute atomic E-state index is 0.00868. The van der Waals surface area contributed by atoms with Crippen molar-refractivity contribution in [1.82, 2.24) is 25.0 Å². The van der Waals surface area contributed by atoms with E-state index < -0.39 is 0 Å². The van der Waals surface area contributed by atoms with Gasteiger partial charge in [-0.15, -0.1) is 0 Å². The molecule has 0 spiro atoms. The van der Waals surface area contributed by atoms with Crippen molar-refractivity contribution in [2.75, 3.05) is 13.1 Å². The van der Waals surface area contributed by atoms with E-state index >= 15 is 0 Å². The molecular formula is C21H23N5O3. The van der Waals surface area contributed by atoms with Gasteiger partial charge in [0.1, 0.15) is 18.9 Å². The van der Waals surface area contributed by atoms with Crippen LogP contribution in [-0.2, 0) is 11.3 Å². The van der Waals surface area contributed by atoms with Crippen molar-refractivity contribution in [1.29, 1.82) is 0 Å². The number of nitrogens with zero attached hydrogens (tertiary/aromatic N) is 4. The van der Waals surface area contributed by atoms with Crippen LogP contribution >= 0.6 is 0 Å². The fourth-order valence-corrected chi connectivity index (χ4v) is 3.64. The van der Waals surface area contributed by atoms with Crippen molar-refractivity contribution in [3.8, 4) is 0 Å². The first-order valence-electron chi connectivity index (χ1n) is 9.70.